The molecule has 1 saturated heterocycles. The number of aromatic nitrogens is 2. The molecule has 1 fully saturated rings. The summed E-state index contributed by atoms with van der Waals surface area (Å²) >= 11 is 0. The van der Waals surface area contributed by atoms with Gasteiger partial charge >= 0.3 is 0 Å². The van der Waals surface area contributed by atoms with Crippen LogP contribution in [0.3, 0.4) is 0 Å². The van der Waals surface area contributed by atoms with Crippen LogP contribution in [0.5, 0.6) is 5.75 Å². The van der Waals surface area contributed by atoms with E-state index in [1.165, 1.54) is 0 Å². The van der Waals surface area contributed by atoms with Crippen molar-refractivity contribution >= 4 is 11.5 Å². The second-order valence-corrected chi connectivity index (χ2v) is 6.06. The summed E-state index contributed by atoms with van der Waals surface area (Å²) in [7, 11) is 0. The van der Waals surface area contributed by atoms with E-state index in [1.807, 2.05) is 6.07 Å². The first-order chi connectivity index (χ1) is 12.1. The second-order valence-electron chi connectivity index (χ2n) is 6.06. The molecule has 1 aromatic carbocycles. The van der Waals surface area contributed by atoms with E-state index in [9.17, 15) is 5.11 Å². The lowest BCUT2D eigenvalue weighted by atomic mass is 10.1. The van der Waals surface area contributed by atoms with E-state index < -0.39 is 0 Å². The molecule has 132 valence electrons. The van der Waals surface area contributed by atoms with Gasteiger partial charge in [-0.25, -0.2) is 5.84 Å². The molecule has 25 heavy (non-hydrogen) atoms. The Morgan fingerprint density at radius 3 is 2.68 bits per heavy atom. The van der Waals surface area contributed by atoms with E-state index in [-0.39, 0.29) is 17.6 Å². The highest BCUT2D eigenvalue weighted by molar-refractivity contribution is 5.76. The van der Waals surface area contributed by atoms with Gasteiger partial charge in [0.1, 0.15) is 5.75 Å². The van der Waals surface area contributed by atoms with Gasteiger partial charge in [-0.1, -0.05) is 12.1 Å². The van der Waals surface area contributed by atoms with Crippen molar-refractivity contribution < 1.29 is 5.11 Å². The number of hydrogen-bond acceptors (Lipinski definition) is 8. The predicted molar refractivity (Wildman–Crippen MR) is 97.6 cm³/mol. The maximum Gasteiger partial charge on any atom is 0.155 e. The number of piperidine rings is 1. The van der Waals surface area contributed by atoms with Crippen LogP contribution in [-0.2, 0) is 0 Å². The van der Waals surface area contributed by atoms with Gasteiger partial charge in [-0.15, -0.1) is 10.2 Å². The number of rotatable bonds is 4. The molecule has 0 bridgehead atoms. The van der Waals surface area contributed by atoms with Crippen molar-refractivity contribution in [3.63, 3.8) is 0 Å². The first kappa shape index (κ1) is 17.0. The summed E-state index contributed by atoms with van der Waals surface area (Å²) in [6.45, 7) is 1.87. The molecule has 1 aromatic heterocycles. The largest absolute Gasteiger partial charge is 0.507 e. The van der Waals surface area contributed by atoms with Crippen molar-refractivity contribution in [1.29, 1.82) is 0 Å². The van der Waals surface area contributed by atoms with Gasteiger partial charge < -0.3 is 26.9 Å². The van der Waals surface area contributed by atoms with Gasteiger partial charge in [0, 0.05) is 23.4 Å². The maximum absolute atomic E-state index is 10.00. The van der Waals surface area contributed by atoms with Crippen LogP contribution in [0.1, 0.15) is 18.4 Å². The number of nitrogens with two attached hydrogens (primary N) is 3. The number of nitrogens with one attached hydrogen (secondary N) is 1. The van der Waals surface area contributed by atoms with Gasteiger partial charge in [-0.05, 0) is 44.1 Å². The predicted octanol–water partition coefficient (Wildman–Crippen LogP) is 0.616. The van der Waals surface area contributed by atoms with Crippen molar-refractivity contribution in [2.24, 2.45) is 11.6 Å². The number of hydrogen-bond donors (Lipinski definition) is 5. The summed E-state index contributed by atoms with van der Waals surface area (Å²) in [5.74, 6) is 6.47. The molecule has 8 heteroatoms. The molecule has 0 unspecified atom stereocenters. The Balaban J connectivity index is 1.89. The van der Waals surface area contributed by atoms with Crippen LogP contribution in [-0.4, -0.2) is 39.4 Å². The zero-order valence-electron chi connectivity index (χ0n) is 13.9. The van der Waals surface area contributed by atoms with Crippen molar-refractivity contribution in [1.82, 2.24) is 20.5 Å². The Labute approximate surface area is 146 Å². The number of benzene rings is 1. The topological polar surface area (TPSA) is 139 Å². The Morgan fingerprint density at radius 2 is 1.96 bits per heavy atom. The minimum absolute atomic E-state index is 0.116. The lowest BCUT2D eigenvalue weighted by Crippen LogP contribution is -2.44. The highest BCUT2D eigenvalue weighted by Gasteiger charge is 2.18. The zero-order chi connectivity index (χ0) is 17.8. The average molecular weight is 341 g/mol. The summed E-state index contributed by atoms with van der Waals surface area (Å²) in [5.41, 5.74) is 14.1. The third-order valence-corrected chi connectivity index (χ3v) is 4.33. The monoisotopic (exact) mass is 341 g/mol. The van der Waals surface area contributed by atoms with Crippen molar-refractivity contribution in [2.45, 2.75) is 18.9 Å². The Morgan fingerprint density at radius 1 is 1.24 bits per heavy atom. The molecule has 0 atom stereocenters. The summed E-state index contributed by atoms with van der Waals surface area (Å²) in [6.07, 6.45) is 3.58. The number of hydrazine groups is 1. The van der Waals surface area contributed by atoms with E-state index in [2.05, 4.69) is 15.5 Å². The van der Waals surface area contributed by atoms with E-state index in [4.69, 9.17) is 17.3 Å². The fourth-order valence-corrected chi connectivity index (χ4v) is 2.89. The Bertz CT molecular complexity index is 771. The number of anilines is 1. The van der Waals surface area contributed by atoms with Gasteiger partial charge in [-0.2, -0.15) is 0 Å². The van der Waals surface area contributed by atoms with E-state index in [0.717, 1.165) is 25.9 Å². The Kier molecular flexibility index (Phi) is 5.01. The van der Waals surface area contributed by atoms with Crippen LogP contribution < -0.4 is 22.6 Å². The zero-order valence-corrected chi connectivity index (χ0v) is 13.9. The smallest absolute Gasteiger partial charge is 0.155 e. The molecule has 0 saturated carbocycles. The first-order valence-corrected chi connectivity index (χ1v) is 8.19. The number of phenols is 1. The van der Waals surface area contributed by atoms with Gasteiger partial charge in [0.05, 0.1) is 11.4 Å². The van der Waals surface area contributed by atoms with Crippen LogP contribution >= 0.6 is 0 Å². The molecule has 0 spiro atoms. The molecule has 2 heterocycles. The molecule has 0 aliphatic carbocycles. The molecule has 0 amide bonds. The van der Waals surface area contributed by atoms with Crippen molar-refractivity contribution in [2.75, 3.05) is 18.8 Å². The molecule has 1 aliphatic rings. The fraction of sp³-hybridized carbons (Fsp3) is 0.294. The van der Waals surface area contributed by atoms with E-state index in [1.54, 1.807) is 35.5 Å². The minimum atomic E-state index is 0.116. The number of nitrogen functional groups attached to an aromatic ring is 1. The van der Waals surface area contributed by atoms with Gasteiger partial charge in [0.2, 0.25) is 0 Å². The quantitative estimate of drug-likeness (QED) is 0.403. The number of nitrogens with zero attached hydrogens (tertiary/aromatic N) is 3. The summed E-state index contributed by atoms with van der Waals surface area (Å²) in [6, 6.07) is 8.83. The van der Waals surface area contributed by atoms with Gasteiger partial charge in [-0.3, -0.25) is 0 Å². The standard InChI is InChI=1S/C17H23N7O/c18-14(10-24(20)11-5-7-21-8-6-11)13-9-15(22-23-17(13)19)12-3-1-2-4-16(12)25/h1-4,9-11,21,25H,5-8,18,20H2,(H2,19,23)/b14-10-. The number of phenolic OH excluding ortho intramolecular Hbond substituents is 1. The lowest BCUT2D eigenvalue weighted by Gasteiger charge is -2.30. The highest BCUT2D eigenvalue weighted by Crippen LogP contribution is 2.29. The molecule has 2 aromatic rings. The van der Waals surface area contributed by atoms with Crippen LogP contribution in [0.25, 0.3) is 17.0 Å². The summed E-state index contributed by atoms with van der Waals surface area (Å²) in [4.78, 5) is 0. The summed E-state index contributed by atoms with van der Waals surface area (Å²) in [5, 5.41) is 22.9. The van der Waals surface area contributed by atoms with Gasteiger partial charge in [0.25, 0.3) is 0 Å². The van der Waals surface area contributed by atoms with Crippen LogP contribution in [0, 0.1) is 0 Å². The van der Waals surface area contributed by atoms with Crippen LogP contribution in [0.2, 0.25) is 0 Å². The van der Waals surface area contributed by atoms with Gasteiger partial charge in [0.15, 0.2) is 5.82 Å². The normalized spacial score (nSPS) is 16.0. The van der Waals surface area contributed by atoms with Crippen molar-refractivity contribution in [3.05, 3.63) is 42.1 Å². The summed E-state index contributed by atoms with van der Waals surface area (Å²) < 4.78 is 0. The van der Waals surface area contributed by atoms with E-state index >= 15 is 0 Å². The molecule has 0 radical (unpaired) electrons. The SMILES string of the molecule is N/C(=C\N(N)C1CCNCC1)c1cc(-c2ccccc2O)nnc1N. The van der Waals surface area contributed by atoms with Crippen LogP contribution in [0.4, 0.5) is 5.82 Å². The second kappa shape index (κ2) is 7.37. The maximum atomic E-state index is 10.00. The fourth-order valence-electron chi connectivity index (χ4n) is 2.89. The molecule has 3 rings (SSSR count). The lowest BCUT2D eigenvalue weighted by molar-refractivity contribution is 0.231. The average Bonchev–Trinajstić information content (AvgIpc) is 2.63. The third kappa shape index (κ3) is 3.81. The minimum Gasteiger partial charge on any atom is -0.507 e. The molecular formula is C17H23N7O. The molecular weight excluding hydrogens is 318 g/mol. The third-order valence-electron chi connectivity index (χ3n) is 4.33. The van der Waals surface area contributed by atoms with Crippen molar-refractivity contribution in [3.8, 4) is 17.0 Å². The Hall–Kier alpha value is -2.84. The highest BCUT2D eigenvalue weighted by atomic mass is 16.3. The number of para-hydroxylation sites is 1. The first-order valence-electron chi connectivity index (χ1n) is 8.19. The van der Waals surface area contributed by atoms with Crippen LogP contribution in [0.15, 0.2) is 36.5 Å². The van der Waals surface area contributed by atoms with E-state index in [0.29, 0.717) is 22.5 Å². The molecule has 8 N–H and O–H groups in total. The molecule has 8 nitrogen and oxygen atoms in total. The number of aromatic hydroxyl groups is 1. The molecule has 1 aliphatic heterocycles.